The normalized spacial score (nSPS) is 20.4. The van der Waals surface area contributed by atoms with E-state index in [-0.39, 0.29) is 24.4 Å². The van der Waals surface area contributed by atoms with E-state index in [4.69, 9.17) is 17.0 Å². The van der Waals surface area contributed by atoms with E-state index in [9.17, 15) is 36.5 Å². The van der Waals surface area contributed by atoms with Gasteiger partial charge in [-0.2, -0.15) is 26.3 Å². The highest BCUT2D eigenvalue weighted by atomic mass is 32.1. The number of aromatic nitrogens is 1. The Hall–Kier alpha value is -3.20. The molecule has 0 bridgehead atoms. The Morgan fingerprint density at radius 3 is 2.25 bits per heavy atom. The quantitative estimate of drug-likeness (QED) is 0.184. The second-order valence-electron chi connectivity index (χ2n) is 9.69. The molecule has 40 heavy (non-hydrogen) atoms. The van der Waals surface area contributed by atoms with E-state index in [0.717, 1.165) is 24.4 Å². The van der Waals surface area contributed by atoms with Crippen molar-refractivity contribution in [1.29, 1.82) is 0 Å². The van der Waals surface area contributed by atoms with Crippen molar-refractivity contribution >= 4 is 34.4 Å². The van der Waals surface area contributed by atoms with Crippen LogP contribution in [0.25, 0.3) is 0 Å². The minimum Gasteiger partial charge on any atom is -0.382 e. The number of hydrogen-bond acceptors (Lipinski definition) is 7. The first-order chi connectivity index (χ1) is 18.8. The van der Waals surface area contributed by atoms with Crippen LogP contribution in [0.15, 0.2) is 36.5 Å². The summed E-state index contributed by atoms with van der Waals surface area (Å²) in [5, 5.41) is 14.0. The Morgan fingerprint density at radius 2 is 1.70 bits per heavy atom. The monoisotopic (exact) mass is 591 g/mol. The molecule has 1 aliphatic heterocycles. The number of ether oxygens (including phenoxy) is 1. The van der Waals surface area contributed by atoms with Crippen molar-refractivity contribution in [2.75, 3.05) is 43.0 Å². The van der Waals surface area contributed by atoms with Crippen LogP contribution >= 0.6 is 12.2 Å². The first-order valence-electron chi connectivity index (χ1n) is 12.6. The molecule has 15 heteroatoms. The lowest BCUT2D eigenvalue weighted by Crippen LogP contribution is -2.49. The van der Waals surface area contributed by atoms with E-state index in [1.165, 1.54) is 12.1 Å². The number of piperazine rings is 1. The smallest absolute Gasteiger partial charge is 0.382 e. The van der Waals surface area contributed by atoms with Crippen LogP contribution in [0.1, 0.15) is 36.8 Å². The fraction of sp³-hybridized carbons (Fsp3) is 0.520. The summed E-state index contributed by atoms with van der Waals surface area (Å²) < 4.78 is 84.0. The number of hydrogen-bond donors (Lipinski definition) is 1. The molecular weight excluding hydrogens is 564 g/mol. The van der Waals surface area contributed by atoms with Gasteiger partial charge in [-0.05, 0) is 49.9 Å². The summed E-state index contributed by atoms with van der Waals surface area (Å²) in [6, 6.07) is 5.20. The number of nitrogens with one attached hydrogen (secondary N) is 1. The van der Waals surface area contributed by atoms with Crippen LogP contribution in [-0.2, 0) is 17.1 Å². The van der Waals surface area contributed by atoms with E-state index in [2.05, 4.69) is 10.3 Å². The molecule has 0 unspecified atom stereocenters. The first kappa shape index (κ1) is 29.8. The van der Waals surface area contributed by atoms with E-state index in [1.54, 1.807) is 0 Å². The van der Waals surface area contributed by atoms with Crippen molar-refractivity contribution in [3.63, 3.8) is 0 Å². The van der Waals surface area contributed by atoms with Gasteiger partial charge >= 0.3 is 12.4 Å². The molecule has 1 aliphatic carbocycles. The maximum Gasteiger partial charge on any atom is 0.423 e. The van der Waals surface area contributed by atoms with Crippen molar-refractivity contribution in [2.24, 2.45) is 0 Å². The number of rotatable bonds is 7. The summed E-state index contributed by atoms with van der Waals surface area (Å²) >= 11 is 5.53. The highest BCUT2D eigenvalue weighted by molar-refractivity contribution is 7.80. The van der Waals surface area contributed by atoms with Crippen LogP contribution in [0.2, 0.25) is 0 Å². The molecule has 8 nitrogen and oxygen atoms in total. The molecule has 2 aromatic rings. The number of benzene rings is 1. The summed E-state index contributed by atoms with van der Waals surface area (Å²) in [4.78, 5) is 18.4. The molecule has 4 rings (SSSR count). The average molecular weight is 592 g/mol. The Bertz CT molecular complexity index is 1190. The van der Waals surface area contributed by atoms with Crippen LogP contribution in [0, 0.1) is 10.1 Å². The number of nitro benzene ring substituents is 1. The fourth-order valence-electron chi connectivity index (χ4n) is 4.83. The summed E-state index contributed by atoms with van der Waals surface area (Å²) in [5.41, 5.74) is -2.89. The number of anilines is 2. The lowest BCUT2D eigenvalue weighted by Gasteiger charge is -2.37. The zero-order valence-corrected chi connectivity index (χ0v) is 22.0. The van der Waals surface area contributed by atoms with Gasteiger partial charge in [0.15, 0.2) is 0 Å². The molecule has 0 spiro atoms. The summed E-state index contributed by atoms with van der Waals surface area (Å²) in [6.45, 7) is 2.50. The first-order valence-corrected chi connectivity index (χ1v) is 13.0. The number of nitro groups is 1. The molecule has 0 amide bonds. The molecule has 1 N–H and O–H groups in total. The van der Waals surface area contributed by atoms with E-state index < -0.39 is 34.1 Å². The van der Waals surface area contributed by atoms with Gasteiger partial charge in [0, 0.05) is 50.2 Å². The highest BCUT2D eigenvalue weighted by Gasteiger charge is 2.38. The van der Waals surface area contributed by atoms with Gasteiger partial charge in [-0.15, -0.1) is 0 Å². The summed E-state index contributed by atoms with van der Waals surface area (Å²) in [6.07, 6.45) is -5.86. The maximum atomic E-state index is 13.2. The predicted molar refractivity (Wildman–Crippen MR) is 139 cm³/mol. The number of nitrogens with zero attached hydrogens (tertiary/aromatic N) is 4. The topological polar surface area (TPSA) is 83.8 Å². The van der Waals surface area contributed by atoms with Gasteiger partial charge < -0.3 is 19.9 Å². The molecule has 2 aliphatic rings. The molecule has 0 atom stereocenters. The van der Waals surface area contributed by atoms with E-state index in [0.29, 0.717) is 62.7 Å². The molecule has 1 saturated heterocycles. The third kappa shape index (κ3) is 7.50. The Labute approximate surface area is 231 Å². The van der Waals surface area contributed by atoms with Gasteiger partial charge in [-0.1, -0.05) is 12.2 Å². The lowest BCUT2D eigenvalue weighted by molar-refractivity contribution is -0.388. The number of pyridine rings is 1. The minimum absolute atomic E-state index is 0.0590. The van der Waals surface area contributed by atoms with Gasteiger partial charge in [-0.25, -0.2) is 4.98 Å². The largest absolute Gasteiger partial charge is 0.423 e. The minimum atomic E-state index is -4.84. The van der Waals surface area contributed by atoms with Gasteiger partial charge in [0.1, 0.15) is 16.4 Å². The molecule has 1 saturated carbocycles. The Balaban J connectivity index is 1.19. The predicted octanol–water partition coefficient (Wildman–Crippen LogP) is 5.92. The van der Waals surface area contributed by atoms with Gasteiger partial charge in [-0.3, -0.25) is 10.1 Å². The van der Waals surface area contributed by atoms with Crippen LogP contribution in [0.5, 0.6) is 0 Å². The standard InChI is InChI=1S/C25H27F6N5O3S/c26-24(27,28)16-1-8-22(32-14-16)34-9-11-35(12-10-34)23(40)15-39-19-5-2-17(3-6-19)33-18-4-7-21(36(37)38)20(13-18)25(29,30)31/h1,4,7-8,13-14,17,19,33H,2-3,5-6,9-12,15H2. The second-order valence-corrected chi connectivity index (χ2v) is 10.2. The Morgan fingerprint density at radius 1 is 1.02 bits per heavy atom. The van der Waals surface area contributed by atoms with Crippen LogP contribution in [-0.4, -0.2) is 64.7 Å². The third-order valence-electron chi connectivity index (χ3n) is 7.02. The van der Waals surface area contributed by atoms with Crippen LogP contribution < -0.4 is 10.2 Å². The average Bonchev–Trinajstić information content (AvgIpc) is 2.91. The van der Waals surface area contributed by atoms with Crippen LogP contribution in [0.3, 0.4) is 0 Å². The number of thiocarbonyl (C=S) groups is 1. The molecule has 1 aromatic carbocycles. The summed E-state index contributed by atoms with van der Waals surface area (Å²) in [5.74, 6) is 0.476. The molecular formula is C25H27F6N5O3S. The third-order valence-corrected chi connectivity index (χ3v) is 7.39. The zero-order chi connectivity index (χ0) is 29.1. The number of halogens is 6. The van der Waals surface area contributed by atoms with Crippen molar-refractivity contribution < 1.29 is 36.0 Å². The van der Waals surface area contributed by atoms with Crippen molar-refractivity contribution in [3.05, 3.63) is 57.8 Å². The van der Waals surface area contributed by atoms with Gasteiger partial charge in [0.25, 0.3) is 5.69 Å². The molecule has 1 aromatic heterocycles. The molecule has 2 heterocycles. The highest BCUT2D eigenvalue weighted by Crippen LogP contribution is 2.38. The lowest BCUT2D eigenvalue weighted by atomic mass is 9.92. The zero-order valence-electron chi connectivity index (χ0n) is 21.2. The molecule has 0 radical (unpaired) electrons. The van der Waals surface area contributed by atoms with Crippen molar-refractivity contribution in [3.8, 4) is 0 Å². The van der Waals surface area contributed by atoms with Crippen molar-refractivity contribution in [1.82, 2.24) is 9.88 Å². The summed E-state index contributed by atoms with van der Waals surface area (Å²) in [7, 11) is 0. The Kier molecular flexibility index (Phi) is 9.02. The maximum absolute atomic E-state index is 13.2. The van der Waals surface area contributed by atoms with Crippen LogP contribution in [0.4, 0.5) is 43.5 Å². The number of alkyl halides is 6. The van der Waals surface area contributed by atoms with E-state index in [1.807, 2.05) is 9.80 Å². The van der Waals surface area contributed by atoms with E-state index >= 15 is 0 Å². The second kappa shape index (κ2) is 12.1. The fourth-order valence-corrected chi connectivity index (χ4v) is 5.08. The van der Waals surface area contributed by atoms with Gasteiger partial charge in [0.2, 0.25) is 0 Å². The molecule has 2 fully saturated rings. The molecule has 218 valence electrons. The van der Waals surface area contributed by atoms with Crippen molar-refractivity contribution in [2.45, 2.75) is 50.2 Å². The SMILES string of the molecule is O=[N+]([O-])c1ccc(NC2CCC(OCC(=S)N3CCN(c4ccc(C(F)(F)F)cn4)CC3)CC2)cc1C(F)(F)F. The van der Waals surface area contributed by atoms with Gasteiger partial charge in [0.05, 0.1) is 23.2 Å².